The number of sulfonamides is 1. The third kappa shape index (κ3) is 7.52. The molecule has 0 unspecified atom stereocenters. The molecule has 0 radical (unpaired) electrons. The fourth-order valence-electron chi connectivity index (χ4n) is 3.91. The lowest BCUT2D eigenvalue weighted by molar-refractivity contribution is -0.140. The van der Waals surface area contributed by atoms with Gasteiger partial charge in [-0.2, -0.15) is 0 Å². The number of likely N-dealkylation sites (N-methyl/N-ethyl adjacent to an activating group) is 1. The Labute approximate surface area is 226 Å². The van der Waals surface area contributed by atoms with Crippen LogP contribution < -0.4 is 9.62 Å². The van der Waals surface area contributed by atoms with E-state index in [2.05, 4.69) is 5.32 Å². The van der Waals surface area contributed by atoms with Crippen LogP contribution >= 0.6 is 11.6 Å². The zero-order valence-corrected chi connectivity index (χ0v) is 22.5. The minimum atomic E-state index is -4.10. The summed E-state index contributed by atoms with van der Waals surface area (Å²) in [5.41, 5.74) is 1.10. The Hall–Kier alpha value is -3.50. The van der Waals surface area contributed by atoms with Crippen molar-refractivity contribution in [3.05, 3.63) is 101 Å². The van der Waals surface area contributed by atoms with Crippen LogP contribution in [0.2, 0.25) is 5.02 Å². The van der Waals surface area contributed by atoms with E-state index in [9.17, 15) is 26.8 Å². The van der Waals surface area contributed by atoms with Gasteiger partial charge in [-0.05, 0) is 36.2 Å². The molecular weight excluding hydrogens is 536 g/mol. The van der Waals surface area contributed by atoms with Gasteiger partial charge in [0.15, 0.2) is 11.6 Å². The van der Waals surface area contributed by atoms with E-state index in [1.54, 1.807) is 43.3 Å². The number of carbonyl (C=O) groups excluding carboxylic acids is 2. The largest absolute Gasteiger partial charge is 0.355 e. The van der Waals surface area contributed by atoms with Crippen molar-refractivity contribution in [2.75, 3.05) is 23.7 Å². The summed E-state index contributed by atoms with van der Waals surface area (Å²) in [7, 11) is -4.10. The van der Waals surface area contributed by atoms with E-state index in [1.165, 1.54) is 4.90 Å². The van der Waals surface area contributed by atoms with Crippen molar-refractivity contribution in [2.45, 2.75) is 25.9 Å². The molecule has 3 aromatic rings. The maximum atomic E-state index is 14.0. The first-order valence-electron chi connectivity index (χ1n) is 11.8. The SMILES string of the molecule is CCNC(=O)[C@@H](Cc1ccccc1)N(Cc1ccccc1Cl)C(=O)CN(c1ccc(F)c(F)c1)S(C)(=O)=O. The van der Waals surface area contributed by atoms with Crippen molar-refractivity contribution in [2.24, 2.45) is 0 Å². The summed E-state index contributed by atoms with van der Waals surface area (Å²) in [6.45, 7) is 1.20. The van der Waals surface area contributed by atoms with E-state index in [0.717, 1.165) is 24.0 Å². The van der Waals surface area contributed by atoms with Gasteiger partial charge in [0.05, 0.1) is 11.9 Å². The number of hydrogen-bond acceptors (Lipinski definition) is 4. The van der Waals surface area contributed by atoms with E-state index in [-0.39, 0.29) is 18.7 Å². The molecule has 11 heteroatoms. The topological polar surface area (TPSA) is 86.8 Å². The summed E-state index contributed by atoms with van der Waals surface area (Å²) in [4.78, 5) is 28.3. The fraction of sp³-hybridized carbons (Fsp3) is 0.259. The summed E-state index contributed by atoms with van der Waals surface area (Å²) < 4.78 is 53.4. The molecule has 0 aliphatic carbocycles. The zero-order chi connectivity index (χ0) is 27.9. The number of nitrogens with one attached hydrogen (secondary N) is 1. The van der Waals surface area contributed by atoms with Crippen LogP contribution in [-0.4, -0.2) is 50.5 Å². The van der Waals surface area contributed by atoms with Crippen LogP contribution in [0.15, 0.2) is 72.8 Å². The van der Waals surface area contributed by atoms with Crippen LogP contribution in [0.5, 0.6) is 0 Å². The van der Waals surface area contributed by atoms with Crippen LogP contribution in [0, 0.1) is 11.6 Å². The Bertz CT molecular complexity index is 1390. The predicted molar refractivity (Wildman–Crippen MR) is 143 cm³/mol. The molecule has 3 aromatic carbocycles. The molecule has 0 aromatic heterocycles. The number of rotatable bonds is 11. The summed E-state index contributed by atoms with van der Waals surface area (Å²) in [6.07, 6.45) is 0.998. The molecule has 2 amide bonds. The van der Waals surface area contributed by atoms with E-state index in [0.29, 0.717) is 27.5 Å². The van der Waals surface area contributed by atoms with Gasteiger partial charge in [-0.3, -0.25) is 13.9 Å². The summed E-state index contributed by atoms with van der Waals surface area (Å²) >= 11 is 6.36. The molecule has 202 valence electrons. The van der Waals surface area contributed by atoms with Crippen LogP contribution in [0.4, 0.5) is 14.5 Å². The molecule has 0 aliphatic rings. The summed E-state index contributed by atoms with van der Waals surface area (Å²) in [6, 6.07) is 17.4. The summed E-state index contributed by atoms with van der Waals surface area (Å²) in [5, 5.41) is 3.10. The summed E-state index contributed by atoms with van der Waals surface area (Å²) in [5.74, 6) is -3.59. The maximum Gasteiger partial charge on any atom is 0.244 e. The van der Waals surface area contributed by atoms with E-state index < -0.39 is 46.1 Å². The first kappa shape index (κ1) is 29.1. The first-order valence-corrected chi connectivity index (χ1v) is 14.0. The van der Waals surface area contributed by atoms with E-state index in [1.807, 2.05) is 18.2 Å². The second-order valence-corrected chi connectivity index (χ2v) is 10.9. The predicted octanol–water partition coefficient (Wildman–Crippen LogP) is 4.16. The smallest absolute Gasteiger partial charge is 0.244 e. The Morgan fingerprint density at radius 1 is 0.974 bits per heavy atom. The van der Waals surface area contributed by atoms with Gasteiger partial charge in [-0.1, -0.05) is 60.1 Å². The number of benzene rings is 3. The van der Waals surface area contributed by atoms with Gasteiger partial charge in [-0.25, -0.2) is 17.2 Å². The second-order valence-electron chi connectivity index (χ2n) is 8.58. The molecule has 0 aliphatic heterocycles. The minimum absolute atomic E-state index is 0.0947. The van der Waals surface area contributed by atoms with Crippen LogP contribution in [0.1, 0.15) is 18.1 Å². The normalized spacial score (nSPS) is 12.0. The van der Waals surface area contributed by atoms with Gasteiger partial charge in [0.2, 0.25) is 21.8 Å². The van der Waals surface area contributed by atoms with Crippen LogP contribution in [0.25, 0.3) is 0 Å². The molecule has 1 N–H and O–H groups in total. The maximum absolute atomic E-state index is 14.0. The lowest BCUT2D eigenvalue weighted by Gasteiger charge is -2.33. The molecular formula is C27H28ClF2N3O4S. The van der Waals surface area contributed by atoms with Gasteiger partial charge in [0.1, 0.15) is 12.6 Å². The van der Waals surface area contributed by atoms with Crippen LogP contribution in [0.3, 0.4) is 0 Å². The number of nitrogens with zero attached hydrogens (tertiary/aromatic N) is 2. The highest BCUT2D eigenvalue weighted by molar-refractivity contribution is 7.92. The molecule has 7 nitrogen and oxygen atoms in total. The molecule has 0 saturated carbocycles. The highest BCUT2D eigenvalue weighted by Crippen LogP contribution is 2.24. The van der Waals surface area contributed by atoms with Crippen molar-refractivity contribution in [3.8, 4) is 0 Å². The Balaban J connectivity index is 2.06. The number of halogens is 3. The standard InChI is InChI=1S/C27H28ClF2N3O4S/c1-3-31-27(35)25(15-19-9-5-4-6-10-19)32(17-20-11-7-8-12-22(20)28)26(34)18-33(38(2,36)37)21-13-14-23(29)24(30)16-21/h4-14,16,25H,3,15,17-18H2,1-2H3,(H,31,35)/t25-/m1/s1. The number of carbonyl (C=O) groups is 2. The molecule has 38 heavy (non-hydrogen) atoms. The van der Waals surface area contributed by atoms with Crippen molar-refractivity contribution in [1.82, 2.24) is 10.2 Å². The highest BCUT2D eigenvalue weighted by Gasteiger charge is 2.33. The van der Waals surface area contributed by atoms with Gasteiger partial charge in [0.25, 0.3) is 0 Å². The molecule has 0 heterocycles. The first-order chi connectivity index (χ1) is 18.0. The van der Waals surface area contributed by atoms with E-state index >= 15 is 0 Å². The average Bonchev–Trinajstić information content (AvgIpc) is 2.87. The van der Waals surface area contributed by atoms with E-state index in [4.69, 9.17) is 11.6 Å². The molecule has 0 spiro atoms. The number of anilines is 1. The molecule has 3 rings (SSSR count). The lowest BCUT2D eigenvalue weighted by Crippen LogP contribution is -2.53. The molecule has 0 saturated heterocycles. The Kier molecular flexibility index (Phi) is 9.82. The van der Waals surface area contributed by atoms with Crippen molar-refractivity contribution in [1.29, 1.82) is 0 Å². The van der Waals surface area contributed by atoms with Crippen molar-refractivity contribution >= 4 is 39.1 Å². The molecule has 1 atom stereocenters. The third-order valence-electron chi connectivity index (χ3n) is 5.79. The Morgan fingerprint density at radius 2 is 1.63 bits per heavy atom. The second kappa shape index (κ2) is 12.8. The van der Waals surface area contributed by atoms with Gasteiger partial charge < -0.3 is 10.2 Å². The minimum Gasteiger partial charge on any atom is -0.355 e. The molecule has 0 fully saturated rings. The lowest BCUT2D eigenvalue weighted by atomic mass is 10.0. The van der Waals surface area contributed by atoms with Crippen molar-refractivity contribution in [3.63, 3.8) is 0 Å². The number of amides is 2. The van der Waals surface area contributed by atoms with Gasteiger partial charge in [0, 0.05) is 30.6 Å². The monoisotopic (exact) mass is 563 g/mol. The average molecular weight is 564 g/mol. The Morgan fingerprint density at radius 3 is 2.24 bits per heavy atom. The highest BCUT2D eigenvalue weighted by atomic mass is 35.5. The van der Waals surface area contributed by atoms with Crippen molar-refractivity contribution < 1.29 is 26.8 Å². The van der Waals surface area contributed by atoms with Gasteiger partial charge in [-0.15, -0.1) is 0 Å². The molecule has 0 bridgehead atoms. The quantitative estimate of drug-likeness (QED) is 0.379. The fourth-order valence-corrected chi connectivity index (χ4v) is 4.95. The third-order valence-corrected chi connectivity index (χ3v) is 7.30. The van der Waals surface area contributed by atoms with Gasteiger partial charge >= 0.3 is 0 Å². The number of hydrogen-bond donors (Lipinski definition) is 1. The zero-order valence-electron chi connectivity index (χ0n) is 20.9. The van der Waals surface area contributed by atoms with Crippen LogP contribution in [-0.2, 0) is 32.6 Å².